The molecule has 2 rings (SSSR count). The molecule has 0 atom stereocenters. The molecule has 0 aliphatic rings. The Balaban J connectivity index is 2.19. The Morgan fingerprint density at radius 1 is 1.05 bits per heavy atom. The quantitative estimate of drug-likeness (QED) is 0.887. The minimum atomic E-state index is -0.492. The van der Waals surface area contributed by atoms with Crippen LogP contribution in [0, 0.1) is 5.82 Å². The second-order valence-electron chi connectivity index (χ2n) is 4.83. The van der Waals surface area contributed by atoms with Crippen molar-refractivity contribution in [3.8, 4) is 0 Å². The van der Waals surface area contributed by atoms with Crippen LogP contribution in [0.15, 0.2) is 54.6 Å². The van der Waals surface area contributed by atoms with Gasteiger partial charge in [-0.05, 0) is 30.7 Å². The highest BCUT2D eigenvalue weighted by molar-refractivity contribution is 5.94. The van der Waals surface area contributed by atoms with E-state index in [1.165, 1.54) is 12.1 Å². The number of nitrogens with two attached hydrogens (primary N) is 1. The fraction of sp³-hybridized carbons (Fsp3) is 0.235. The van der Waals surface area contributed by atoms with E-state index >= 15 is 0 Å². The predicted molar refractivity (Wildman–Crippen MR) is 81.3 cm³/mol. The van der Waals surface area contributed by atoms with E-state index in [1.54, 1.807) is 17.0 Å². The Kier molecular flexibility index (Phi) is 5.46. The normalized spacial score (nSPS) is 10.4. The van der Waals surface area contributed by atoms with Gasteiger partial charge >= 0.3 is 0 Å². The number of hydrogen-bond donors (Lipinski definition) is 1. The van der Waals surface area contributed by atoms with Crippen LogP contribution in [-0.4, -0.2) is 23.9 Å². The maximum atomic E-state index is 13.8. The highest BCUT2D eigenvalue weighted by Gasteiger charge is 2.18. The summed E-state index contributed by atoms with van der Waals surface area (Å²) < 4.78 is 13.8. The first kappa shape index (κ1) is 15.2. The molecule has 2 N–H and O–H groups in total. The van der Waals surface area contributed by atoms with Crippen molar-refractivity contribution in [1.29, 1.82) is 0 Å². The van der Waals surface area contributed by atoms with E-state index < -0.39 is 5.82 Å². The minimum Gasteiger partial charge on any atom is -0.334 e. The Labute approximate surface area is 124 Å². The lowest BCUT2D eigenvalue weighted by Crippen LogP contribution is -2.33. The Hall–Kier alpha value is -2.20. The first-order chi connectivity index (χ1) is 10.2. The number of benzene rings is 2. The van der Waals surface area contributed by atoms with E-state index in [0.717, 1.165) is 5.56 Å². The second kappa shape index (κ2) is 7.55. The number of rotatable bonds is 6. The monoisotopic (exact) mass is 286 g/mol. The first-order valence-corrected chi connectivity index (χ1v) is 7.00. The largest absolute Gasteiger partial charge is 0.334 e. The van der Waals surface area contributed by atoms with Crippen LogP contribution < -0.4 is 5.73 Å². The van der Waals surface area contributed by atoms with Crippen molar-refractivity contribution in [3.05, 3.63) is 71.5 Å². The molecule has 0 saturated heterocycles. The summed E-state index contributed by atoms with van der Waals surface area (Å²) in [7, 11) is 0. The van der Waals surface area contributed by atoms with Gasteiger partial charge in [0.05, 0.1) is 5.56 Å². The third kappa shape index (κ3) is 4.13. The lowest BCUT2D eigenvalue weighted by molar-refractivity contribution is 0.0737. The van der Waals surface area contributed by atoms with Crippen molar-refractivity contribution in [2.45, 2.75) is 13.0 Å². The molecular weight excluding hydrogens is 267 g/mol. The molecule has 0 unspecified atom stereocenters. The van der Waals surface area contributed by atoms with Gasteiger partial charge < -0.3 is 10.6 Å². The summed E-state index contributed by atoms with van der Waals surface area (Å²) >= 11 is 0. The second-order valence-corrected chi connectivity index (χ2v) is 4.83. The number of halogens is 1. The molecular formula is C17H19FN2O. The van der Waals surface area contributed by atoms with Crippen LogP contribution in [0.25, 0.3) is 0 Å². The van der Waals surface area contributed by atoms with Gasteiger partial charge in [-0.25, -0.2) is 4.39 Å². The van der Waals surface area contributed by atoms with Crippen LogP contribution in [-0.2, 0) is 6.54 Å². The van der Waals surface area contributed by atoms with Crippen LogP contribution in [0.2, 0.25) is 0 Å². The maximum Gasteiger partial charge on any atom is 0.257 e. The predicted octanol–water partition coefficient (Wildman–Crippen LogP) is 2.82. The van der Waals surface area contributed by atoms with Crippen LogP contribution in [0.1, 0.15) is 22.3 Å². The van der Waals surface area contributed by atoms with Crippen LogP contribution in [0.3, 0.4) is 0 Å². The minimum absolute atomic E-state index is 0.102. The molecule has 1 amide bonds. The van der Waals surface area contributed by atoms with Gasteiger partial charge in [-0.1, -0.05) is 42.5 Å². The van der Waals surface area contributed by atoms with Gasteiger partial charge in [0.1, 0.15) is 5.82 Å². The molecule has 0 aromatic heterocycles. The van der Waals surface area contributed by atoms with Crippen LogP contribution >= 0.6 is 0 Å². The molecule has 0 radical (unpaired) electrons. The zero-order chi connectivity index (χ0) is 15.1. The number of carbonyl (C=O) groups excluding carboxylic acids is 1. The van der Waals surface area contributed by atoms with Gasteiger partial charge in [-0.3, -0.25) is 4.79 Å². The molecule has 0 bridgehead atoms. The van der Waals surface area contributed by atoms with Crippen molar-refractivity contribution in [3.63, 3.8) is 0 Å². The molecule has 2 aromatic carbocycles. The maximum absolute atomic E-state index is 13.8. The summed E-state index contributed by atoms with van der Waals surface area (Å²) in [6.45, 7) is 1.46. The van der Waals surface area contributed by atoms with E-state index in [-0.39, 0.29) is 11.5 Å². The average molecular weight is 286 g/mol. The summed E-state index contributed by atoms with van der Waals surface area (Å²) in [5, 5.41) is 0. The van der Waals surface area contributed by atoms with Gasteiger partial charge in [-0.15, -0.1) is 0 Å². The number of nitrogens with zero attached hydrogens (tertiary/aromatic N) is 1. The lowest BCUT2D eigenvalue weighted by atomic mass is 10.1. The van der Waals surface area contributed by atoms with E-state index in [4.69, 9.17) is 5.73 Å². The fourth-order valence-corrected chi connectivity index (χ4v) is 2.14. The Bertz CT molecular complexity index is 586. The molecule has 0 saturated carbocycles. The highest BCUT2D eigenvalue weighted by Crippen LogP contribution is 2.13. The fourth-order valence-electron chi connectivity index (χ4n) is 2.14. The van der Waals surface area contributed by atoms with Gasteiger partial charge in [0.15, 0.2) is 0 Å². The third-order valence-corrected chi connectivity index (χ3v) is 3.24. The molecule has 0 aliphatic carbocycles. The smallest absolute Gasteiger partial charge is 0.257 e. The van der Waals surface area contributed by atoms with Crippen LogP contribution in [0.5, 0.6) is 0 Å². The molecule has 0 heterocycles. The zero-order valence-corrected chi connectivity index (χ0v) is 11.8. The van der Waals surface area contributed by atoms with Crippen molar-refractivity contribution >= 4 is 5.91 Å². The van der Waals surface area contributed by atoms with Gasteiger partial charge in [-0.2, -0.15) is 0 Å². The Morgan fingerprint density at radius 2 is 1.71 bits per heavy atom. The van der Waals surface area contributed by atoms with Gasteiger partial charge in [0, 0.05) is 13.1 Å². The topological polar surface area (TPSA) is 46.3 Å². The summed E-state index contributed by atoms with van der Waals surface area (Å²) in [5.41, 5.74) is 6.64. The summed E-state index contributed by atoms with van der Waals surface area (Å²) in [6.07, 6.45) is 0.688. The lowest BCUT2D eigenvalue weighted by Gasteiger charge is -2.23. The number of amides is 1. The van der Waals surface area contributed by atoms with Crippen molar-refractivity contribution < 1.29 is 9.18 Å². The van der Waals surface area contributed by atoms with Gasteiger partial charge in [0.2, 0.25) is 0 Å². The molecule has 3 nitrogen and oxygen atoms in total. The molecule has 4 heteroatoms. The van der Waals surface area contributed by atoms with E-state index in [1.807, 2.05) is 30.3 Å². The highest BCUT2D eigenvalue weighted by atomic mass is 19.1. The van der Waals surface area contributed by atoms with Crippen LogP contribution in [0.4, 0.5) is 4.39 Å². The summed E-state index contributed by atoms with van der Waals surface area (Å²) in [6, 6.07) is 15.7. The van der Waals surface area contributed by atoms with E-state index in [0.29, 0.717) is 26.1 Å². The standard InChI is InChI=1S/C17H19FN2O/c18-16-10-5-4-9-15(16)17(21)20(12-6-11-19)13-14-7-2-1-3-8-14/h1-5,7-10H,6,11-13,19H2. The molecule has 0 aliphatic heterocycles. The SMILES string of the molecule is NCCCN(Cc1ccccc1)C(=O)c1ccccc1F. The molecule has 110 valence electrons. The van der Waals surface area contributed by atoms with Crippen molar-refractivity contribution in [2.24, 2.45) is 5.73 Å². The first-order valence-electron chi connectivity index (χ1n) is 7.00. The Morgan fingerprint density at radius 3 is 2.38 bits per heavy atom. The molecule has 0 spiro atoms. The molecule has 2 aromatic rings. The molecule has 21 heavy (non-hydrogen) atoms. The van der Waals surface area contributed by atoms with E-state index in [2.05, 4.69) is 0 Å². The average Bonchev–Trinajstić information content (AvgIpc) is 2.52. The molecule has 0 fully saturated rings. The number of hydrogen-bond acceptors (Lipinski definition) is 2. The van der Waals surface area contributed by atoms with Gasteiger partial charge in [0.25, 0.3) is 5.91 Å². The summed E-state index contributed by atoms with van der Waals surface area (Å²) in [4.78, 5) is 14.2. The third-order valence-electron chi connectivity index (χ3n) is 3.24. The number of carbonyl (C=O) groups is 1. The van der Waals surface area contributed by atoms with Crippen molar-refractivity contribution in [2.75, 3.05) is 13.1 Å². The van der Waals surface area contributed by atoms with E-state index in [9.17, 15) is 9.18 Å². The zero-order valence-electron chi connectivity index (χ0n) is 11.8. The van der Waals surface area contributed by atoms with Crippen molar-refractivity contribution in [1.82, 2.24) is 4.90 Å². The summed E-state index contributed by atoms with van der Waals surface area (Å²) in [5.74, 6) is -0.793.